The molecule has 0 aliphatic heterocycles. The van der Waals surface area contributed by atoms with Crippen LogP contribution >= 0.6 is 0 Å². The van der Waals surface area contributed by atoms with E-state index in [1.165, 1.54) is 44.1 Å². The fourth-order valence-corrected chi connectivity index (χ4v) is 4.50. The Bertz CT molecular complexity index is 464. The van der Waals surface area contributed by atoms with E-state index in [0.717, 1.165) is 19.3 Å². The maximum Gasteiger partial charge on any atom is 0.0829 e. The smallest absolute Gasteiger partial charge is 0.0829 e. The SMILES string of the molecule is COC1(C(N)CC2CCCc3ccccc32)CCCCC1. The minimum atomic E-state index is -0.0648. The van der Waals surface area contributed by atoms with Crippen molar-refractivity contribution >= 4 is 0 Å². The predicted molar refractivity (Wildman–Crippen MR) is 87.5 cm³/mol. The van der Waals surface area contributed by atoms with Crippen molar-refractivity contribution < 1.29 is 4.74 Å². The summed E-state index contributed by atoms with van der Waals surface area (Å²) in [6.07, 6.45) is 11.0. The number of ether oxygens (including phenoxy) is 1. The second kappa shape index (κ2) is 6.50. The number of hydrogen-bond acceptors (Lipinski definition) is 2. The first-order valence-corrected chi connectivity index (χ1v) is 8.64. The summed E-state index contributed by atoms with van der Waals surface area (Å²) in [5, 5.41) is 0. The average molecular weight is 287 g/mol. The lowest BCUT2D eigenvalue weighted by Crippen LogP contribution is -2.51. The first-order chi connectivity index (χ1) is 10.2. The molecule has 0 spiro atoms. The molecule has 2 aliphatic rings. The third-order valence-electron chi connectivity index (χ3n) is 5.81. The highest BCUT2D eigenvalue weighted by molar-refractivity contribution is 5.32. The minimum Gasteiger partial charge on any atom is -0.377 e. The number of methoxy groups -OCH3 is 1. The van der Waals surface area contributed by atoms with Crippen LogP contribution in [0, 0.1) is 0 Å². The Morgan fingerprint density at radius 2 is 1.95 bits per heavy atom. The van der Waals surface area contributed by atoms with E-state index in [0.29, 0.717) is 5.92 Å². The van der Waals surface area contributed by atoms with Gasteiger partial charge in [0.15, 0.2) is 0 Å². The molecule has 0 aromatic heterocycles. The third kappa shape index (κ3) is 3.02. The maximum atomic E-state index is 6.66. The molecule has 0 heterocycles. The normalized spacial score (nSPS) is 26.1. The lowest BCUT2D eigenvalue weighted by molar-refractivity contribution is -0.0616. The van der Waals surface area contributed by atoms with Crippen molar-refractivity contribution in [2.45, 2.75) is 75.3 Å². The largest absolute Gasteiger partial charge is 0.377 e. The number of fused-ring (bicyclic) bond motifs is 1. The summed E-state index contributed by atoms with van der Waals surface area (Å²) in [5.74, 6) is 0.624. The van der Waals surface area contributed by atoms with Gasteiger partial charge in [-0.1, -0.05) is 43.5 Å². The molecule has 1 aromatic rings. The Morgan fingerprint density at radius 3 is 2.71 bits per heavy atom. The van der Waals surface area contributed by atoms with Crippen molar-refractivity contribution in [2.24, 2.45) is 5.73 Å². The van der Waals surface area contributed by atoms with E-state index in [-0.39, 0.29) is 11.6 Å². The Morgan fingerprint density at radius 1 is 1.19 bits per heavy atom. The standard InChI is InChI=1S/C19H29NO/c1-21-19(12-5-2-6-13-19)18(20)14-16-10-7-9-15-8-3-4-11-17(15)16/h3-4,8,11,16,18H,2,5-7,9-10,12-14,20H2,1H3. The zero-order chi connectivity index (χ0) is 14.7. The molecule has 2 nitrogen and oxygen atoms in total. The van der Waals surface area contributed by atoms with Gasteiger partial charge in [0.05, 0.1) is 5.60 Å². The quantitative estimate of drug-likeness (QED) is 0.902. The molecule has 2 aliphatic carbocycles. The highest BCUT2D eigenvalue weighted by Crippen LogP contribution is 2.40. The summed E-state index contributed by atoms with van der Waals surface area (Å²) in [5.41, 5.74) is 9.67. The van der Waals surface area contributed by atoms with Gasteiger partial charge in [-0.25, -0.2) is 0 Å². The molecule has 1 saturated carbocycles. The summed E-state index contributed by atoms with van der Waals surface area (Å²) >= 11 is 0. The second-order valence-corrected chi connectivity index (χ2v) is 6.96. The van der Waals surface area contributed by atoms with Crippen LogP contribution in [0.3, 0.4) is 0 Å². The van der Waals surface area contributed by atoms with Crippen LogP contribution in [-0.2, 0) is 11.2 Å². The van der Waals surface area contributed by atoms with Gasteiger partial charge >= 0.3 is 0 Å². The monoisotopic (exact) mass is 287 g/mol. The molecule has 116 valence electrons. The third-order valence-corrected chi connectivity index (χ3v) is 5.81. The van der Waals surface area contributed by atoms with E-state index < -0.39 is 0 Å². The summed E-state index contributed by atoms with van der Waals surface area (Å²) in [6, 6.07) is 9.11. The van der Waals surface area contributed by atoms with Gasteiger partial charge in [0.25, 0.3) is 0 Å². The van der Waals surface area contributed by atoms with Crippen molar-refractivity contribution in [1.82, 2.24) is 0 Å². The molecule has 2 unspecified atom stereocenters. The van der Waals surface area contributed by atoms with Gasteiger partial charge in [-0.3, -0.25) is 0 Å². The Kier molecular flexibility index (Phi) is 4.66. The van der Waals surface area contributed by atoms with Crippen LogP contribution in [0.2, 0.25) is 0 Å². The van der Waals surface area contributed by atoms with E-state index in [9.17, 15) is 0 Å². The Labute approximate surface area is 129 Å². The second-order valence-electron chi connectivity index (χ2n) is 6.96. The van der Waals surface area contributed by atoms with Crippen LogP contribution < -0.4 is 5.73 Å². The summed E-state index contributed by atoms with van der Waals surface area (Å²) in [7, 11) is 1.86. The van der Waals surface area contributed by atoms with Gasteiger partial charge in [-0.2, -0.15) is 0 Å². The number of aryl methyl sites for hydroxylation is 1. The fourth-order valence-electron chi connectivity index (χ4n) is 4.50. The van der Waals surface area contributed by atoms with Crippen LogP contribution in [0.1, 0.15) is 68.4 Å². The molecule has 0 saturated heterocycles. The Hall–Kier alpha value is -0.860. The van der Waals surface area contributed by atoms with Gasteiger partial charge in [0.1, 0.15) is 0 Å². The Balaban J connectivity index is 1.74. The van der Waals surface area contributed by atoms with E-state index >= 15 is 0 Å². The zero-order valence-electron chi connectivity index (χ0n) is 13.3. The molecular formula is C19H29NO. The molecule has 1 fully saturated rings. The molecular weight excluding hydrogens is 258 g/mol. The van der Waals surface area contributed by atoms with Crippen LogP contribution in [0.15, 0.2) is 24.3 Å². The molecule has 21 heavy (non-hydrogen) atoms. The first-order valence-electron chi connectivity index (χ1n) is 8.64. The molecule has 1 aromatic carbocycles. The van der Waals surface area contributed by atoms with Gasteiger partial charge in [-0.15, -0.1) is 0 Å². The maximum absolute atomic E-state index is 6.66. The van der Waals surface area contributed by atoms with E-state index in [4.69, 9.17) is 10.5 Å². The molecule has 0 bridgehead atoms. The van der Waals surface area contributed by atoms with Crippen molar-refractivity contribution in [1.29, 1.82) is 0 Å². The zero-order valence-corrected chi connectivity index (χ0v) is 13.3. The van der Waals surface area contributed by atoms with Crippen LogP contribution in [0.5, 0.6) is 0 Å². The van der Waals surface area contributed by atoms with Gasteiger partial charge < -0.3 is 10.5 Å². The number of rotatable bonds is 4. The average Bonchev–Trinajstić information content (AvgIpc) is 2.56. The van der Waals surface area contributed by atoms with Crippen LogP contribution in [0.25, 0.3) is 0 Å². The highest BCUT2D eigenvalue weighted by atomic mass is 16.5. The summed E-state index contributed by atoms with van der Waals surface area (Å²) in [4.78, 5) is 0. The lowest BCUT2D eigenvalue weighted by atomic mass is 9.73. The van der Waals surface area contributed by atoms with Crippen molar-refractivity contribution in [3.05, 3.63) is 35.4 Å². The summed E-state index contributed by atoms with van der Waals surface area (Å²) in [6.45, 7) is 0. The number of hydrogen-bond donors (Lipinski definition) is 1. The molecule has 0 radical (unpaired) electrons. The molecule has 2 N–H and O–H groups in total. The van der Waals surface area contributed by atoms with E-state index in [1.807, 2.05) is 7.11 Å². The topological polar surface area (TPSA) is 35.2 Å². The van der Waals surface area contributed by atoms with Gasteiger partial charge in [0, 0.05) is 13.2 Å². The number of nitrogens with two attached hydrogens (primary N) is 1. The predicted octanol–water partition coefficient (Wildman–Crippen LogP) is 4.17. The van der Waals surface area contributed by atoms with Crippen molar-refractivity contribution in [2.75, 3.05) is 7.11 Å². The number of benzene rings is 1. The molecule has 3 rings (SSSR count). The lowest BCUT2D eigenvalue weighted by Gasteiger charge is -2.42. The molecule has 2 heteroatoms. The van der Waals surface area contributed by atoms with E-state index in [2.05, 4.69) is 24.3 Å². The minimum absolute atomic E-state index is 0.0648. The molecule has 2 atom stereocenters. The van der Waals surface area contributed by atoms with Gasteiger partial charge in [0.2, 0.25) is 0 Å². The van der Waals surface area contributed by atoms with Gasteiger partial charge in [-0.05, 0) is 55.6 Å². The van der Waals surface area contributed by atoms with Crippen LogP contribution in [0.4, 0.5) is 0 Å². The summed E-state index contributed by atoms with van der Waals surface area (Å²) < 4.78 is 5.95. The van der Waals surface area contributed by atoms with Crippen molar-refractivity contribution in [3.8, 4) is 0 Å². The van der Waals surface area contributed by atoms with E-state index in [1.54, 1.807) is 5.56 Å². The van der Waals surface area contributed by atoms with Crippen LogP contribution in [-0.4, -0.2) is 18.8 Å². The fraction of sp³-hybridized carbons (Fsp3) is 0.684. The molecule has 0 amide bonds. The van der Waals surface area contributed by atoms with Crippen molar-refractivity contribution in [3.63, 3.8) is 0 Å². The highest BCUT2D eigenvalue weighted by Gasteiger charge is 2.39. The first kappa shape index (κ1) is 15.1.